The molecule has 0 heterocycles. The van der Waals surface area contributed by atoms with Crippen LogP contribution in [0.5, 0.6) is 0 Å². The first-order valence-electron chi connectivity index (χ1n) is 5.82. The molecule has 1 saturated carbocycles. The zero-order valence-corrected chi connectivity index (χ0v) is 10.1. The van der Waals surface area contributed by atoms with Crippen LogP contribution in [0.3, 0.4) is 0 Å². The lowest BCUT2D eigenvalue weighted by Crippen LogP contribution is -2.61. The Hall–Kier alpha value is -1.14. The summed E-state index contributed by atoms with van der Waals surface area (Å²) < 4.78 is 4.86. The van der Waals surface area contributed by atoms with E-state index >= 15 is 0 Å². The van der Waals surface area contributed by atoms with Crippen LogP contribution in [0.1, 0.15) is 32.1 Å². The number of carboxylic acid groups (broad SMARTS) is 1. The molecular weight excluding hydrogens is 224 g/mol. The van der Waals surface area contributed by atoms with Gasteiger partial charge in [-0.15, -0.1) is 0 Å². The van der Waals surface area contributed by atoms with E-state index < -0.39 is 17.6 Å². The Bertz CT molecular complexity index is 289. The highest BCUT2D eigenvalue weighted by Crippen LogP contribution is 2.32. The molecule has 0 aromatic heterocycles. The Morgan fingerprint density at radius 1 is 1.53 bits per heavy atom. The quantitative estimate of drug-likeness (QED) is 0.541. The lowest BCUT2D eigenvalue weighted by Gasteiger charge is -2.38. The van der Waals surface area contributed by atoms with Crippen LogP contribution in [0.4, 0.5) is 0 Å². The van der Waals surface area contributed by atoms with E-state index in [1.54, 1.807) is 7.11 Å². The summed E-state index contributed by atoms with van der Waals surface area (Å²) in [6.45, 7) is 0.547. The first-order chi connectivity index (χ1) is 8.02. The summed E-state index contributed by atoms with van der Waals surface area (Å²) in [7, 11) is 1.58. The van der Waals surface area contributed by atoms with Crippen LogP contribution >= 0.6 is 0 Å². The average molecular weight is 244 g/mol. The molecule has 98 valence electrons. The van der Waals surface area contributed by atoms with E-state index in [1.165, 1.54) is 0 Å². The molecule has 1 fully saturated rings. The van der Waals surface area contributed by atoms with E-state index in [0.29, 0.717) is 32.3 Å². The van der Waals surface area contributed by atoms with Crippen molar-refractivity contribution in [1.29, 1.82) is 0 Å². The maximum atomic E-state index is 11.7. The maximum absolute atomic E-state index is 11.7. The molecule has 1 atom stereocenters. The molecule has 0 spiro atoms. The Balaban J connectivity index is 2.39. The largest absolute Gasteiger partial charge is 0.480 e. The highest BCUT2D eigenvalue weighted by atomic mass is 16.5. The third kappa shape index (κ3) is 3.41. The fourth-order valence-electron chi connectivity index (χ4n) is 1.83. The third-order valence-corrected chi connectivity index (χ3v) is 3.18. The van der Waals surface area contributed by atoms with E-state index in [-0.39, 0.29) is 5.91 Å². The van der Waals surface area contributed by atoms with Gasteiger partial charge in [0.05, 0.1) is 6.04 Å². The number of nitrogens with two attached hydrogens (primary N) is 1. The summed E-state index contributed by atoms with van der Waals surface area (Å²) in [5.41, 5.74) is 4.61. The first-order valence-corrected chi connectivity index (χ1v) is 5.82. The number of carbonyl (C=O) groups excluding carboxylic acids is 1. The summed E-state index contributed by atoms with van der Waals surface area (Å²) in [6, 6.07) is -0.665. The van der Waals surface area contributed by atoms with Gasteiger partial charge >= 0.3 is 5.97 Å². The predicted molar refractivity (Wildman–Crippen MR) is 61.4 cm³/mol. The topological polar surface area (TPSA) is 102 Å². The molecule has 17 heavy (non-hydrogen) atoms. The van der Waals surface area contributed by atoms with Gasteiger partial charge in [0.25, 0.3) is 0 Å². The molecule has 6 heteroatoms. The predicted octanol–water partition coefficient (Wildman–Crippen LogP) is -0.136. The number of aliphatic carboxylic acids is 1. The zero-order valence-electron chi connectivity index (χ0n) is 10.1. The highest BCUT2D eigenvalue weighted by molar-refractivity contribution is 5.90. The molecule has 1 unspecified atom stereocenters. The molecular formula is C11H20N2O4. The summed E-state index contributed by atoms with van der Waals surface area (Å²) in [5.74, 6) is -1.36. The van der Waals surface area contributed by atoms with E-state index in [1.807, 2.05) is 0 Å². The number of hydrogen-bond acceptors (Lipinski definition) is 4. The van der Waals surface area contributed by atoms with Crippen molar-refractivity contribution < 1.29 is 19.4 Å². The van der Waals surface area contributed by atoms with Crippen LogP contribution in [0.25, 0.3) is 0 Å². The van der Waals surface area contributed by atoms with Crippen molar-refractivity contribution in [3.8, 4) is 0 Å². The molecule has 0 radical (unpaired) electrons. The Morgan fingerprint density at radius 2 is 2.18 bits per heavy atom. The fraction of sp³-hybridized carbons (Fsp3) is 0.818. The molecule has 1 rings (SSSR count). The van der Waals surface area contributed by atoms with Crippen molar-refractivity contribution in [3.05, 3.63) is 0 Å². The van der Waals surface area contributed by atoms with Gasteiger partial charge < -0.3 is 20.9 Å². The van der Waals surface area contributed by atoms with E-state index in [0.717, 1.165) is 6.42 Å². The standard InChI is InChI=1S/C11H20N2O4/c1-17-7-2-4-8(12)9(14)13-11(10(15)16)5-3-6-11/h8H,2-7,12H2,1H3,(H,13,14)(H,15,16). The van der Waals surface area contributed by atoms with Crippen molar-refractivity contribution in [2.75, 3.05) is 13.7 Å². The molecule has 0 aromatic rings. The minimum Gasteiger partial charge on any atom is -0.480 e. The normalized spacial score (nSPS) is 19.2. The zero-order chi connectivity index (χ0) is 12.9. The minimum atomic E-state index is -1.07. The number of methoxy groups -OCH3 is 1. The lowest BCUT2D eigenvalue weighted by atomic mass is 9.76. The average Bonchev–Trinajstić information content (AvgIpc) is 2.22. The lowest BCUT2D eigenvalue weighted by molar-refractivity contribution is -0.152. The van der Waals surface area contributed by atoms with E-state index in [9.17, 15) is 9.59 Å². The van der Waals surface area contributed by atoms with Gasteiger partial charge in [-0.25, -0.2) is 4.79 Å². The van der Waals surface area contributed by atoms with Crippen LogP contribution in [0.15, 0.2) is 0 Å². The van der Waals surface area contributed by atoms with Crippen LogP contribution in [-0.4, -0.2) is 42.3 Å². The smallest absolute Gasteiger partial charge is 0.329 e. The first kappa shape index (κ1) is 13.9. The van der Waals surface area contributed by atoms with E-state index in [2.05, 4.69) is 5.32 Å². The molecule has 1 aliphatic rings. The Morgan fingerprint density at radius 3 is 2.59 bits per heavy atom. The van der Waals surface area contributed by atoms with Gasteiger partial charge in [0, 0.05) is 13.7 Å². The highest BCUT2D eigenvalue weighted by Gasteiger charge is 2.46. The molecule has 0 saturated heterocycles. The number of hydrogen-bond donors (Lipinski definition) is 3. The molecule has 6 nitrogen and oxygen atoms in total. The van der Waals surface area contributed by atoms with Crippen LogP contribution < -0.4 is 11.1 Å². The van der Waals surface area contributed by atoms with Gasteiger partial charge in [0.1, 0.15) is 5.54 Å². The summed E-state index contributed by atoms with van der Waals surface area (Å²) in [6.07, 6.45) is 2.98. The van der Waals surface area contributed by atoms with Gasteiger partial charge in [-0.2, -0.15) is 0 Å². The van der Waals surface area contributed by atoms with Crippen molar-refractivity contribution in [2.45, 2.75) is 43.7 Å². The molecule has 0 bridgehead atoms. The monoisotopic (exact) mass is 244 g/mol. The number of carbonyl (C=O) groups is 2. The Kier molecular flexibility index (Phi) is 4.89. The number of ether oxygens (including phenoxy) is 1. The molecule has 4 N–H and O–H groups in total. The number of amides is 1. The second-order valence-electron chi connectivity index (χ2n) is 4.47. The second-order valence-corrected chi connectivity index (χ2v) is 4.47. The summed E-state index contributed by atoms with van der Waals surface area (Å²) in [5, 5.41) is 11.6. The molecule has 1 aliphatic carbocycles. The van der Waals surface area contributed by atoms with Crippen molar-refractivity contribution in [2.24, 2.45) is 5.73 Å². The van der Waals surface area contributed by atoms with Crippen LogP contribution in [-0.2, 0) is 14.3 Å². The number of nitrogens with one attached hydrogen (secondary N) is 1. The summed E-state index contributed by atoms with van der Waals surface area (Å²) in [4.78, 5) is 22.8. The van der Waals surface area contributed by atoms with Crippen molar-refractivity contribution in [1.82, 2.24) is 5.32 Å². The van der Waals surface area contributed by atoms with Gasteiger partial charge in [0.2, 0.25) is 5.91 Å². The van der Waals surface area contributed by atoms with Crippen LogP contribution in [0, 0.1) is 0 Å². The summed E-state index contributed by atoms with van der Waals surface area (Å²) >= 11 is 0. The van der Waals surface area contributed by atoms with Gasteiger partial charge in [0.15, 0.2) is 0 Å². The van der Waals surface area contributed by atoms with Gasteiger partial charge in [-0.3, -0.25) is 4.79 Å². The molecule has 1 amide bonds. The number of carboxylic acids is 1. The minimum absolute atomic E-state index is 0.386. The second kappa shape index (κ2) is 5.97. The van der Waals surface area contributed by atoms with Crippen LogP contribution in [0.2, 0.25) is 0 Å². The van der Waals surface area contributed by atoms with Gasteiger partial charge in [-0.1, -0.05) is 0 Å². The van der Waals surface area contributed by atoms with Crippen molar-refractivity contribution in [3.63, 3.8) is 0 Å². The fourth-order valence-corrected chi connectivity index (χ4v) is 1.83. The van der Waals surface area contributed by atoms with Crippen molar-refractivity contribution >= 4 is 11.9 Å². The van der Waals surface area contributed by atoms with E-state index in [4.69, 9.17) is 15.6 Å². The maximum Gasteiger partial charge on any atom is 0.329 e. The molecule has 0 aromatic carbocycles. The SMILES string of the molecule is COCCCC(N)C(=O)NC1(C(=O)O)CCC1. The van der Waals surface area contributed by atoms with Gasteiger partial charge in [-0.05, 0) is 32.1 Å². The third-order valence-electron chi connectivity index (χ3n) is 3.18. The molecule has 0 aliphatic heterocycles. The number of rotatable bonds is 7. The Labute approximate surface area is 101 Å².